The molecule has 1 aliphatic rings. The lowest BCUT2D eigenvalue weighted by atomic mass is 9.97. The van der Waals surface area contributed by atoms with Gasteiger partial charge in [0.05, 0.1) is 23.5 Å². The van der Waals surface area contributed by atoms with Gasteiger partial charge >= 0.3 is 5.69 Å². The largest absolute Gasteiger partial charge is 0.496 e. The van der Waals surface area contributed by atoms with Crippen molar-refractivity contribution in [1.82, 2.24) is 9.97 Å². The number of nitrogens with one attached hydrogen (secondary N) is 1. The molecule has 2 aromatic heterocycles. The molecule has 0 bridgehead atoms. The SMILES string of the molecule is COc1ccc(OCc2nc3sc4c(c3c(=O)[nH]2)CCCC4)c([N+](=O)[O-])c1. The minimum absolute atomic E-state index is 0.0685. The van der Waals surface area contributed by atoms with Gasteiger partial charge < -0.3 is 14.5 Å². The van der Waals surface area contributed by atoms with E-state index < -0.39 is 4.92 Å². The summed E-state index contributed by atoms with van der Waals surface area (Å²) < 4.78 is 10.6. The van der Waals surface area contributed by atoms with Gasteiger partial charge in [0.2, 0.25) is 0 Å². The topological polar surface area (TPSA) is 107 Å². The van der Waals surface area contributed by atoms with E-state index >= 15 is 0 Å². The predicted octanol–water partition coefficient (Wildman–Crippen LogP) is 3.36. The Morgan fingerprint density at radius 1 is 1.33 bits per heavy atom. The summed E-state index contributed by atoms with van der Waals surface area (Å²) in [6.07, 6.45) is 4.12. The van der Waals surface area contributed by atoms with Gasteiger partial charge in [-0.1, -0.05) is 0 Å². The second-order valence-corrected chi connectivity index (χ2v) is 7.37. The summed E-state index contributed by atoms with van der Waals surface area (Å²) in [5.41, 5.74) is 0.736. The van der Waals surface area contributed by atoms with Crippen LogP contribution in [0.15, 0.2) is 23.0 Å². The van der Waals surface area contributed by atoms with Crippen molar-refractivity contribution in [3.05, 3.63) is 54.9 Å². The van der Waals surface area contributed by atoms with E-state index in [4.69, 9.17) is 9.47 Å². The number of methoxy groups -OCH3 is 1. The highest BCUT2D eigenvalue weighted by Crippen LogP contribution is 2.34. The van der Waals surface area contributed by atoms with Crippen LogP contribution in [-0.2, 0) is 19.4 Å². The Labute approximate surface area is 157 Å². The molecule has 0 radical (unpaired) electrons. The van der Waals surface area contributed by atoms with Crippen molar-refractivity contribution in [2.45, 2.75) is 32.3 Å². The van der Waals surface area contributed by atoms with Crippen LogP contribution < -0.4 is 15.0 Å². The molecule has 0 aliphatic heterocycles. The molecule has 0 unspecified atom stereocenters. The van der Waals surface area contributed by atoms with Crippen LogP contribution in [0.4, 0.5) is 5.69 Å². The van der Waals surface area contributed by atoms with Crippen molar-refractivity contribution < 1.29 is 14.4 Å². The number of hydrogen-bond donors (Lipinski definition) is 1. The van der Waals surface area contributed by atoms with Crippen molar-refractivity contribution >= 4 is 27.2 Å². The van der Waals surface area contributed by atoms with Crippen LogP contribution in [0, 0.1) is 10.1 Å². The van der Waals surface area contributed by atoms with Crippen LogP contribution in [0.3, 0.4) is 0 Å². The van der Waals surface area contributed by atoms with Crippen molar-refractivity contribution in [3.63, 3.8) is 0 Å². The second-order valence-electron chi connectivity index (χ2n) is 6.28. The third-order valence-corrected chi connectivity index (χ3v) is 5.79. The number of aryl methyl sites for hydroxylation is 2. The number of H-pyrrole nitrogens is 1. The number of rotatable bonds is 5. The van der Waals surface area contributed by atoms with Crippen molar-refractivity contribution in [2.24, 2.45) is 0 Å². The molecule has 1 aromatic carbocycles. The molecule has 1 N–H and O–H groups in total. The van der Waals surface area contributed by atoms with Crippen molar-refractivity contribution in [1.29, 1.82) is 0 Å². The first-order valence-electron chi connectivity index (χ1n) is 8.55. The molecule has 0 amide bonds. The first-order chi connectivity index (χ1) is 13.1. The Bertz CT molecular complexity index is 1090. The molecule has 0 atom stereocenters. The molecule has 27 heavy (non-hydrogen) atoms. The fourth-order valence-corrected chi connectivity index (χ4v) is 4.59. The van der Waals surface area contributed by atoms with E-state index in [2.05, 4.69) is 9.97 Å². The Morgan fingerprint density at radius 3 is 2.93 bits per heavy atom. The molecule has 0 spiro atoms. The zero-order valence-electron chi connectivity index (χ0n) is 14.6. The summed E-state index contributed by atoms with van der Waals surface area (Å²) in [6, 6.07) is 4.34. The normalized spacial score (nSPS) is 13.4. The smallest absolute Gasteiger partial charge is 0.314 e. The fraction of sp³-hybridized carbons (Fsp3) is 0.333. The molecule has 9 heteroatoms. The predicted molar refractivity (Wildman–Crippen MR) is 101 cm³/mol. The number of ether oxygens (including phenoxy) is 2. The standard InChI is InChI=1S/C18H17N3O5S/c1-25-10-6-7-13(12(8-10)21(23)24)26-9-15-19-17(22)16-11-4-2-3-5-14(11)27-18(16)20-15/h6-8H,2-5,9H2,1H3,(H,19,20,22). The average Bonchev–Trinajstić information content (AvgIpc) is 3.05. The number of nitrogens with zero attached hydrogens (tertiary/aromatic N) is 2. The van der Waals surface area contributed by atoms with Gasteiger partial charge in [0.25, 0.3) is 5.56 Å². The summed E-state index contributed by atoms with van der Waals surface area (Å²) in [7, 11) is 1.43. The number of thiophene rings is 1. The van der Waals surface area contributed by atoms with E-state index in [-0.39, 0.29) is 23.6 Å². The van der Waals surface area contributed by atoms with E-state index in [9.17, 15) is 14.9 Å². The number of nitro groups is 1. The Hall–Kier alpha value is -2.94. The zero-order valence-corrected chi connectivity index (χ0v) is 15.4. The molecule has 1 aliphatic carbocycles. The summed E-state index contributed by atoms with van der Waals surface area (Å²) in [6.45, 7) is -0.0685. The lowest BCUT2D eigenvalue weighted by Crippen LogP contribution is -2.14. The van der Waals surface area contributed by atoms with Gasteiger partial charge in [-0.05, 0) is 43.4 Å². The number of benzene rings is 1. The quantitative estimate of drug-likeness (QED) is 0.531. The van der Waals surface area contributed by atoms with Gasteiger partial charge in [-0.25, -0.2) is 4.98 Å². The Kier molecular flexibility index (Phi) is 4.53. The van der Waals surface area contributed by atoms with Gasteiger partial charge in [-0.15, -0.1) is 11.3 Å². The van der Waals surface area contributed by atoms with Crippen LogP contribution in [-0.4, -0.2) is 22.0 Å². The number of nitro benzene ring substituents is 1. The maximum absolute atomic E-state index is 12.5. The third kappa shape index (κ3) is 3.25. The molecule has 0 saturated heterocycles. The van der Waals surface area contributed by atoms with E-state index in [1.165, 1.54) is 24.1 Å². The van der Waals surface area contributed by atoms with E-state index in [1.54, 1.807) is 17.4 Å². The molecule has 3 aromatic rings. The molecular formula is C18H17N3O5S. The number of hydrogen-bond acceptors (Lipinski definition) is 7. The molecule has 8 nitrogen and oxygen atoms in total. The molecular weight excluding hydrogens is 370 g/mol. The van der Waals surface area contributed by atoms with Crippen LogP contribution in [0.5, 0.6) is 11.5 Å². The highest BCUT2D eigenvalue weighted by Gasteiger charge is 2.21. The second kappa shape index (κ2) is 6.99. The van der Waals surface area contributed by atoms with Crippen molar-refractivity contribution in [2.75, 3.05) is 7.11 Å². The van der Waals surface area contributed by atoms with Crippen LogP contribution in [0.25, 0.3) is 10.2 Å². The van der Waals surface area contributed by atoms with Crippen LogP contribution in [0.1, 0.15) is 29.1 Å². The maximum Gasteiger partial charge on any atom is 0.314 e. The number of aromatic nitrogens is 2. The Morgan fingerprint density at radius 2 is 2.15 bits per heavy atom. The molecule has 4 rings (SSSR count). The molecule has 2 heterocycles. The third-order valence-electron chi connectivity index (χ3n) is 4.60. The first-order valence-corrected chi connectivity index (χ1v) is 9.37. The van der Waals surface area contributed by atoms with Crippen molar-refractivity contribution in [3.8, 4) is 11.5 Å². The van der Waals surface area contributed by atoms with Gasteiger partial charge in [0.1, 0.15) is 23.0 Å². The molecule has 0 fully saturated rings. The minimum Gasteiger partial charge on any atom is -0.496 e. The minimum atomic E-state index is -0.537. The van der Waals surface area contributed by atoms with Gasteiger partial charge in [-0.3, -0.25) is 14.9 Å². The zero-order chi connectivity index (χ0) is 19.0. The van der Waals surface area contributed by atoms with E-state index in [1.807, 2.05) is 0 Å². The summed E-state index contributed by atoms with van der Waals surface area (Å²) in [4.78, 5) is 32.4. The summed E-state index contributed by atoms with van der Waals surface area (Å²) in [5, 5.41) is 11.9. The van der Waals surface area contributed by atoms with Crippen LogP contribution in [0.2, 0.25) is 0 Å². The summed E-state index contributed by atoms with van der Waals surface area (Å²) >= 11 is 1.55. The van der Waals surface area contributed by atoms with E-state index in [0.717, 1.165) is 31.2 Å². The maximum atomic E-state index is 12.5. The average molecular weight is 387 g/mol. The number of fused-ring (bicyclic) bond motifs is 3. The van der Waals surface area contributed by atoms with Gasteiger partial charge in [0, 0.05) is 4.88 Å². The number of aromatic amines is 1. The molecule has 140 valence electrons. The fourth-order valence-electron chi connectivity index (χ4n) is 3.31. The first kappa shape index (κ1) is 17.5. The van der Waals surface area contributed by atoms with Gasteiger partial charge in [0.15, 0.2) is 5.75 Å². The Balaban J connectivity index is 1.63. The highest BCUT2D eigenvalue weighted by molar-refractivity contribution is 7.18. The van der Waals surface area contributed by atoms with E-state index in [0.29, 0.717) is 21.8 Å². The molecule has 0 saturated carbocycles. The lowest BCUT2D eigenvalue weighted by Gasteiger charge is -2.09. The highest BCUT2D eigenvalue weighted by atomic mass is 32.1. The lowest BCUT2D eigenvalue weighted by molar-refractivity contribution is -0.386. The van der Waals surface area contributed by atoms with Crippen LogP contribution >= 0.6 is 11.3 Å². The monoisotopic (exact) mass is 387 g/mol. The van der Waals surface area contributed by atoms with Gasteiger partial charge in [-0.2, -0.15) is 0 Å². The summed E-state index contributed by atoms with van der Waals surface area (Å²) in [5.74, 6) is 0.802.